The van der Waals surface area contributed by atoms with Crippen LogP contribution in [-0.4, -0.2) is 11.4 Å². The van der Waals surface area contributed by atoms with Gasteiger partial charge in [-0.2, -0.15) is 0 Å². The lowest BCUT2D eigenvalue weighted by Gasteiger charge is -2.41. The minimum Gasteiger partial charge on any atom is -0.346 e. The Morgan fingerprint density at radius 1 is 1.20 bits per heavy atom. The van der Waals surface area contributed by atoms with Crippen molar-refractivity contribution in [1.82, 2.24) is 5.32 Å². The van der Waals surface area contributed by atoms with E-state index < -0.39 is 0 Å². The zero-order valence-corrected chi connectivity index (χ0v) is 9.13. The van der Waals surface area contributed by atoms with Crippen LogP contribution in [0.5, 0.6) is 0 Å². The van der Waals surface area contributed by atoms with E-state index in [0.29, 0.717) is 0 Å². The number of nitrogens with one attached hydrogen (secondary N) is 1. The quantitative estimate of drug-likeness (QED) is 0.685. The maximum Gasteiger partial charge on any atom is 0.252 e. The van der Waals surface area contributed by atoms with E-state index in [4.69, 9.17) is 0 Å². The molecule has 0 atom stereocenters. The fraction of sp³-hybridized carbons (Fsp3) is 0.462. The number of rotatable bonds is 0. The Bertz CT molecular complexity index is 444. The van der Waals surface area contributed by atoms with Gasteiger partial charge in [0, 0.05) is 16.5 Å². The van der Waals surface area contributed by atoms with Gasteiger partial charge in [0.05, 0.1) is 0 Å². The second-order valence-electron chi connectivity index (χ2n) is 5.21. The summed E-state index contributed by atoms with van der Waals surface area (Å²) in [6.45, 7) is 4.27. The highest BCUT2D eigenvalue weighted by molar-refractivity contribution is 5.98. The van der Waals surface area contributed by atoms with Gasteiger partial charge in [0.2, 0.25) is 0 Å². The minimum absolute atomic E-state index is 0.0770. The predicted octanol–water partition coefficient (Wildman–Crippen LogP) is 2.24. The standard InChI is InChI=1S/C13H15NO/c1-12(2)13(7-8-13)10-6-4-3-5-9(10)11(15)14-12/h3-6H,7-8H2,1-2H3,(H,14,15). The lowest BCUT2D eigenvalue weighted by atomic mass is 9.73. The van der Waals surface area contributed by atoms with Gasteiger partial charge in [-0.25, -0.2) is 0 Å². The van der Waals surface area contributed by atoms with Gasteiger partial charge >= 0.3 is 0 Å². The van der Waals surface area contributed by atoms with Gasteiger partial charge < -0.3 is 5.32 Å². The maximum atomic E-state index is 11.9. The number of carbonyl (C=O) groups excluding carboxylic acids is 1. The lowest BCUT2D eigenvalue weighted by molar-refractivity contribution is 0.0867. The molecule has 1 fully saturated rings. The van der Waals surface area contributed by atoms with Crippen molar-refractivity contribution < 1.29 is 4.79 Å². The van der Waals surface area contributed by atoms with Gasteiger partial charge in [0.25, 0.3) is 5.91 Å². The van der Waals surface area contributed by atoms with E-state index in [1.807, 2.05) is 18.2 Å². The van der Waals surface area contributed by atoms with Crippen LogP contribution in [0, 0.1) is 0 Å². The molecule has 1 aliphatic carbocycles. The molecular formula is C13H15NO. The second-order valence-corrected chi connectivity index (χ2v) is 5.21. The molecule has 1 N–H and O–H groups in total. The first-order valence-corrected chi connectivity index (χ1v) is 5.49. The van der Waals surface area contributed by atoms with E-state index in [-0.39, 0.29) is 16.9 Å². The molecule has 1 aromatic carbocycles. The Morgan fingerprint density at radius 3 is 2.53 bits per heavy atom. The Labute approximate surface area is 89.7 Å². The fourth-order valence-electron chi connectivity index (χ4n) is 2.93. The molecule has 0 radical (unpaired) electrons. The van der Waals surface area contributed by atoms with Crippen LogP contribution in [0.15, 0.2) is 24.3 Å². The Hall–Kier alpha value is -1.31. The van der Waals surface area contributed by atoms with Crippen molar-refractivity contribution in [2.75, 3.05) is 0 Å². The van der Waals surface area contributed by atoms with Gasteiger partial charge in [-0.1, -0.05) is 18.2 Å². The Kier molecular flexibility index (Phi) is 1.45. The first kappa shape index (κ1) is 8.96. The van der Waals surface area contributed by atoms with Crippen LogP contribution in [0.3, 0.4) is 0 Å². The summed E-state index contributed by atoms with van der Waals surface area (Å²) in [5.74, 6) is 0.0770. The van der Waals surface area contributed by atoms with E-state index in [1.165, 1.54) is 18.4 Å². The number of carbonyl (C=O) groups is 1. The number of hydrogen-bond acceptors (Lipinski definition) is 1. The molecule has 1 spiro atoms. The average Bonchev–Trinajstić information content (AvgIpc) is 2.96. The van der Waals surface area contributed by atoms with Gasteiger partial charge in [-0.15, -0.1) is 0 Å². The van der Waals surface area contributed by atoms with Gasteiger partial charge in [-0.3, -0.25) is 4.79 Å². The van der Waals surface area contributed by atoms with E-state index in [0.717, 1.165) is 5.56 Å². The highest BCUT2D eigenvalue weighted by atomic mass is 16.1. The van der Waals surface area contributed by atoms with Crippen LogP contribution in [0.1, 0.15) is 42.6 Å². The third-order valence-corrected chi connectivity index (χ3v) is 4.06. The summed E-state index contributed by atoms with van der Waals surface area (Å²) in [6, 6.07) is 8.02. The second kappa shape index (κ2) is 2.43. The molecule has 1 aliphatic heterocycles. The third-order valence-electron chi connectivity index (χ3n) is 4.06. The molecule has 1 aromatic rings. The zero-order chi connectivity index (χ0) is 10.7. The molecule has 3 rings (SSSR count). The highest BCUT2D eigenvalue weighted by Crippen LogP contribution is 2.58. The smallest absolute Gasteiger partial charge is 0.252 e. The van der Waals surface area contributed by atoms with Crippen LogP contribution >= 0.6 is 0 Å². The molecule has 0 bridgehead atoms. The molecular weight excluding hydrogens is 186 g/mol. The van der Waals surface area contributed by atoms with Crippen molar-refractivity contribution in [1.29, 1.82) is 0 Å². The molecule has 2 aliphatic rings. The van der Waals surface area contributed by atoms with E-state index in [1.54, 1.807) is 0 Å². The summed E-state index contributed by atoms with van der Waals surface area (Å²) in [5, 5.41) is 3.13. The summed E-state index contributed by atoms with van der Waals surface area (Å²) in [5.41, 5.74) is 2.23. The SMILES string of the molecule is CC1(C)NC(=O)c2ccccc2C12CC2. The highest BCUT2D eigenvalue weighted by Gasteiger charge is 2.59. The van der Waals surface area contributed by atoms with E-state index in [2.05, 4.69) is 25.2 Å². The molecule has 2 nitrogen and oxygen atoms in total. The molecule has 1 amide bonds. The predicted molar refractivity (Wildman–Crippen MR) is 58.9 cm³/mol. The first-order valence-electron chi connectivity index (χ1n) is 5.49. The van der Waals surface area contributed by atoms with Crippen molar-refractivity contribution in [2.24, 2.45) is 0 Å². The molecule has 78 valence electrons. The van der Waals surface area contributed by atoms with Crippen molar-refractivity contribution in [2.45, 2.75) is 37.6 Å². The topological polar surface area (TPSA) is 29.1 Å². The third kappa shape index (κ3) is 0.969. The lowest BCUT2D eigenvalue weighted by Crippen LogP contribution is -2.56. The van der Waals surface area contributed by atoms with Crippen molar-refractivity contribution in [3.05, 3.63) is 35.4 Å². The van der Waals surface area contributed by atoms with Crippen LogP contribution in [0.2, 0.25) is 0 Å². The average molecular weight is 201 g/mol. The van der Waals surface area contributed by atoms with Crippen LogP contribution in [0.25, 0.3) is 0 Å². The number of benzene rings is 1. The normalized spacial score (nSPS) is 24.5. The molecule has 1 heterocycles. The summed E-state index contributed by atoms with van der Waals surface area (Å²) >= 11 is 0. The molecule has 0 aromatic heterocycles. The van der Waals surface area contributed by atoms with Crippen LogP contribution in [-0.2, 0) is 5.41 Å². The van der Waals surface area contributed by atoms with Crippen molar-refractivity contribution >= 4 is 5.91 Å². The van der Waals surface area contributed by atoms with Gasteiger partial charge in [-0.05, 0) is 38.3 Å². The summed E-state index contributed by atoms with van der Waals surface area (Å²) in [7, 11) is 0. The zero-order valence-electron chi connectivity index (χ0n) is 9.13. The monoisotopic (exact) mass is 201 g/mol. The number of hydrogen-bond donors (Lipinski definition) is 1. The number of amides is 1. The molecule has 0 unspecified atom stereocenters. The van der Waals surface area contributed by atoms with Gasteiger partial charge in [0.1, 0.15) is 0 Å². The van der Waals surface area contributed by atoms with E-state index in [9.17, 15) is 4.79 Å². The van der Waals surface area contributed by atoms with Gasteiger partial charge in [0.15, 0.2) is 0 Å². The van der Waals surface area contributed by atoms with Crippen LogP contribution < -0.4 is 5.32 Å². The minimum atomic E-state index is -0.0988. The van der Waals surface area contributed by atoms with Crippen molar-refractivity contribution in [3.63, 3.8) is 0 Å². The molecule has 2 heteroatoms. The van der Waals surface area contributed by atoms with Crippen molar-refractivity contribution in [3.8, 4) is 0 Å². The summed E-state index contributed by atoms with van der Waals surface area (Å²) in [6.07, 6.45) is 2.38. The van der Waals surface area contributed by atoms with E-state index >= 15 is 0 Å². The first-order chi connectivity index (χ1) is 7.07. The Balaban J connectivity index is 2.25. The van der Waals surface area contributed by atoms with Crippen LogP contribution in [0.4, 0.5) is 0 Å². The Morgan fingerprint density at radius 2 is 1.87 bits per heavy atom. The molecule has 1 saturated carbocycles. The fourth-order valence-corrected chi connectivity index (χ4v) is 2.93. The molecule has 0 saturated heterocycles. The summed E-state index contributed by atoms with van der Waals surface area (Å²) in [4.78, 5) is 11.9. The summed E-state index contributed by atoms with van der Waals surface area (Å²) < 4.78 is 0. The molecule has 15 heavy (non-hydrogen) atoms. The number of fused-ring (bicyclic) bond motifs is 2. The maximum absolute atomic E-state index is 11.9. The largest absolute Gasteiger partial charge is 0.346 e.